The number of carbonyl (C=O) groups excluding carboxylic acids is 1. The van der Waals surface area contributed by atoms with Crippen LogP contribution in [0.4, 0.5) is 4.79 Å². The molecule has 2 atom stereocenters. The minimum atomic E-state index is -0.858. The molecule has 1 fully saturated rings. The number of amides is 2. The first-order valence-corrected chi connectivity index (χ1v) is 13.3. The number of benzene rings is 2. The maximum absolute atomic E-state index is 12.3. The van der Waals surface area contributed by atoms with E-state index in [9.17, 15) is 14.7 Å². The molecule has 1 aliphatic heterocycles. The Bertz CT molecular complexity index is 1470. The number of hydrogen-bond acceptors (Lipinski definition) is 5. The second-order valence-electron chi connectivity index (χ2n) is 9.30. The van der Waals surface area contributed by atoms with Gasteiger partial charge in [-0.25, -0.2) is 9.78 Å². The van der Waals surface area contributed by atoms with Crippen LogP contribution in [0.2, 0.25) is 5.02 Å². The van der Waals surface area contributed by atoms with Crippen LogP contribution in [0.15, 0.2) is 54.9 Å². The molecule has 0 aliphatic carbocycles. The van der Waals surface area contributed by atoms with Gasteiger partial charge in [0.25, 0.3) is 5.91 Å². The molecule has 10 heteroatoms. The third-order valence-corrected chi connectivity index (χ3v) is 8.19. The van der Waals surface area contributed by atoms with Gasteiger partial charge in [0, 0.05) is 29.7 Å². The number of ether oxygens (including phenoxy) is 1. The maximum Gasteiger partial charge on any atom is 0.407 e. The van der Waals surface area contributed by atoms with Crippen molar-refractivity contribution in [3.8, 4) is 10.8 Å². The predicted octanol–water partition coefficient (Wildman–Crippen LogP) is 5.91. The van der Waals surface area contributed by atoms with E-state index in [4.69, 9.17) is 22.1 Å². The Hall–Kier alpha value is -3.56. The van der Waals surface area contributed by atoms with Crippen LogP contribution in [0.1, 0.15) is 46.7 Å². The van der Waals surface area contributed by atoms with Gasteiger partial charge in [-0.05, 0) is 55.9 Å². The molecule has 2 aromatic carbocycles. The molecular formula is C27H27ClN4O4S. The number of likely N-dealkylation sites (tertiary alicyclic amines) is 1. The molecule has 1 aliphatic rings. The molecule has 0 saturated carbocycles. The molecule has 4 aromatic rings. The van der Waals surface area contributed by atoms with Gasteiger partial charge in [0.2, 0.25) is 0 Å². The Morgan fingerprint density at radius 2 is 2.08 bits per heavy atom. The fourth-order valence-corrected chi connectivity index (χ4v) is 6.11. The highest BCUT2D eigenvalue weighted by atomic mass is 35.5. The molecule has 0 radical (unpaired) electrons. The smallest absolute Gasteiger partial charge is 0.407 e. The van der Waals surface area contributed by atoms with Crippen molar-refractivity contribution in [2.45, 2.75) is 32.3 Å². The monoisotopic (exact) mass is 538 g/mol. The Labute approximate surface area is 223 Å². The number of piperidine rings is 1. The summed E-state index contributed by atoms with van der Waals surface area (Å²) in [5.74, 6) is 0.102. The number of aromatic nitrogens is 2. The van der Waals surface area contributed by atoms with Crippen molar-refractivity contribution in [2.75, 3.05) is 13.1 Å². The molecule has 3 N–H and O–H groups in total. The van der Waals surface area contributed by atoms with Crippen molar-refractivity contribution >= 4 is 46.0 Å². The SMILES string of the molecule is C[C@@H](Oc1cc(-n2cnc3ccc(C[C@@H]4CCCN(C(=O)O)C4)cc32)sc1C(N)=O)c1ccccc1Cl. The Balaban J connectivity index is 1.43. The summed E-state index contributed by atoms with van der Waals surface area (Å²) >= 11 is 7.58. The number of fused-ring (bicyclic) bond motifs is 1. The number of nitrogens with two attached hydrogens (primary N) is 1. The molecule has 2 amide bonds. The summed E-state index contributed by atoms with van der Waals surface area (Å²) in [6.07, 6.45) is 3.13. The van der Waals surface area contributed by atoms with Crippen LogP contribution in [0, 0.1) is 5.92 Å². The average Bonchev–Trinajstić information content (AvgIpc) is 3.48. The van der Waals surface area contributed by atoms with Crippen molar-refractivity contribution in [3.05, 3.63) is 75.9 Å². The molecule has 0 bridgehead atoms. The first-order chi connectivity index (χ1) is 17.8. The molecule has 0 unspecified atom stereocenters. The summed E-state index contributed by atoms with van der Waals surface area (Å²) in [7, 11) is 0. The fraction of sp³-hybridized carbons (Fsp3) is 0.296. The van der Waals surface area contributed by atoms with Gasteiger partial charge in [-0.15, -0.1) is 11.3 Å². The van der Waals surface area contributed by atoms with E-state index in [0.717, 1.165) is 46.4 Å². The number of rotatable bonds is 7. The second kappa shape index (κ2) is 10.4. The first-order valence-electron chi connectivity index (χ1n) is 12.1. The summed E-state index contributed by atoms with van der Waals surface area (Å²) in [6, 6.07) is 15.3. The number of halogens is 1. The van der Waals surface area contributed by atoms with Crippen LogP contribution in [0.3, 0.4) is 0 Å². The zero-order valence-electron chi connectivity index (χ0n) is 20.3. The Kier molecular flexibility index (Phi) is 7.08. The number of carbonyl (C=O) groups is 2. The van der Waals surface area contributed by atoms with E-state index in [-0.39, 0.29) is 12.0 Å². The molecule has 3 heterocycles. The van der Waals surface area contributed by atoms with Crippen LogP contribution in [0.5, 0.6) is 5.75 Å². The van der Waals surface area contributed by atoms with Crippen LogP contribution in [-0.2, 0) is 6.42 Å². The lowest BCUT2D eigenvalue weighted by atomic mass is 9.91. The average molecular weight is 539 g/mol. The highest BCUT2D eigenvalue weighted by Crippen LogP contribution is 2.37. The van der Waals surface area contributed by atoms with Gasteiger partial charge in [0.05, 0.1) is 11.0 Å². The number of imidazole rings is 1. The Morgan fingerprint density at radius 3 is 2.84 bits per heavy atom. The minimum absolute atomic E-state index is 0.271. The zero-order chi connectivity index (χ0) is 26.1. The molecule has 192 valence electrons. The van der Waals surface area contributed by atoms with E-state index in [2.05, 4.69) is 11.1 Å². The van der Waals surface area contributed by atoms with E-state index in [0.29, 0.717) is 28.7 Å². The molecular weight excluding hydrogens is 512 g/mol. The maximum atomic E-state index is 12.3. The lowest BCUT2D eigenvalue weighted by Crippen LogP contribution is -2.39. The zero-order valence-corrected chi connectivity index (χ0v) is 21.8. The molecule has 2 aromatic heterocycles. The lowest BCUT2D eigenvalue weighted by molar-refractivity contribution is 0.0998. The Morgan fingerprint density at radius 1 is 1.27 bits per heavy atom. The summed E-state index contributed by atoms with van der Waals surface area (Å²) in [6.45, 7) is 3.01. The van der Waals surface area contributed by atoms with E-state index < -0.39 is 12.0 Å². The molecule has 8 nitrogen and oxygen atoms in total. The van der Waals surface area contributed by atoms with Crippen molar-refractivity contribution < 1.29 is 19.4 Å². The van der Waals surface area contributed by atoms with Crippen LogP contribution in [0.25, 0.3) is 16.0 Å². The first kappa shape index (κ1) is 25.1. The largest absolute Gasteiger partial charge is 0.484 e. The third-order valence-electron chi connectivity index (χ3n) is 6.72. The highest BCUT2D eigenvalue weighted by molar-refractivity contribution is 7.16. The van der Waals surface area contributed by atoms with Crippen molar-refractivity contribution in [1.82, 2.24) is 14.5 Å². The molecule has 1 saturated heterocycles. The molecule has 5 rings (SSSR count). The highest BCUT2D eigenvalue weighted by Gasteiger charge is 2.24. The number of primary amides is 1. The van der Waals surface area contributed by atoms with E-state index in [1.807, 2.05) is 41.8 Å². The fourth-order valence-electron chi connectivity index (χ4n) is 4.89. The van der Waals surface area contributed by atoms with Gasteiger partial charge in [-0.2, -0.15) is 0 Å². The summed E-state index contributed by atoms with van der Waals surface area (Å²) in [5.41, 5.74) is 9.34. The van der Waals surface area contributed by atoms with Gasteiger partial charge in [0.1, 0.15) is 28.1 Å². The number of nitrogens with zero attached hydrogens (tertiary/aromatic N) is 3. The normalized spacial score (nSPS) is 16.6. The van der Waals surface area contributed by atoms with Crippen LogP contribution >= 0.6 is 22.9 Å². The molecule has 0 spiro atoms. The molecule has 37 heavy (non-hydrogen) atoms. The topological polar surface area (TPSA) is 111 Å². The number of carboxylic acid groups (broad SMARTS) is 1. The summed E-state index contributed by atoms with van der Waals surface area (Å²) in [5, 5.41) is 10.7. The van der Waals surface area contributed by atoms with E-state index in [1.54, 1.807) is 18.5 Å². The number of thiophene rings is 1. The van der Waals surface area contributed by atoms with E-state index >= 15 is 0 Å². The predicted molar refractivity (Wildman–Crippen MR) is 144 cm³/mol. The quantitative estimate of drug-likeness (QED) is 0.304. The van der Waals surface area contributed by atoms with Gasteiger partial charge >= 0.3 is 6.09 Å². The second-order valence-corrected chi connectivity index (χ2v) is 10.7. The van der Waals surface area contributed by atoms with Gasteiger partial charge in [-0.3, -0.25) is 9.36 Å². The van der Waals surface area contributed by atoms with Crippen molar-refractivity contribution in [3.63, 3.8) is 0 Å². The minimum Gasteiger partial charge on any atom is -0.484 e. The van der Waals surface area contributed by atoms with Crippen LogP contribution in [-0.4, -0.2) is 44.6 Å². The number of hydrogen-bond donors (Lipinski definition) is 2. The van der Waals surface area contributed by atoms with Gasteiger partial charge in [-0.1, -0.05) is 35.9 Å². The van der Waals surface area contributed by atoms with Crippen molar-refractivity contribution in [1.29, 1.82) is 0 Å². The van der Waals surface area contributed by atoms with Crippen molar-refractivity contribution in [2.24, 2.45) is 11.7 Å². The standard InChI is InChI=1S/C27H27ClN4O4S/c1-16(19-6-2-3-7-20(19)28)36-23-13-24(37-25(23)26(29)33)32-15-30-21-9-8-17(12-22(21)32)11-18-5-4-10-31(14-18)27(34)35/h2-3,6-9,12-13,15-16,18H,4-5,10-11,14H2,1H3,(H2,29,33)(H,34,35)/t16-,18+/m1/s1. The third kappa shape index (κ3) is 5.28. The van der Waals surface area contributed by atoms with Gasteiger partial charge < -0.3 is 20.5 Å². The lowest BCUT2D eigenvalue weighted by Gasteiger charge is -2.30. The van der Waals surface area contributed by atoms with Crippen LogP contribution < -0.4 is 10.5 Å². The summed E-state index contributed by atoms with van der Waals surface area (Å²) < 4.78 is 8.08. The summed E-state index contributed by atoms with van der Waals surface area (Å²) in [4.78, 5) is 30.0. The van der Waals surface area contributed by atoms with E-state index in [1.165, 1.54) is 16.2 Å². The van der Waals surface area contributed by atoms with Gasteiger partial charge in [0.15, 0.2) is 0 Å².